The van der Waals surface area contributed by atoms with Crippen molar-refractivity contribution in [3.05, 3.63) is 0 Å². The minimum Gasteiger partial charge on any atom is -0.394 e. The molecule has 4 saturated heterocycles. The first kappa shape index (κ1) is 37.0. The standard InChI is InChI=1S/C24H42O21/c25-1-5-9(29)11(31)15(35)22(40-5)45-20-10(30)6(2-26)41-24(17(20)37)44-19-8(4-28)42-23(16(36)13(19)33)43-18-7(3-27)39-21(38)14(34)12(18)32/h5-38H,1-4H2/t5-,6-,7-,8-,9+,10+,11+,12-,13-,14+,15-,16-,17-,18+,19-,20+,21?,22+,23+,24+/m1/s1. The highest BCUT2D eigenvalue weighted by Crippen LogP contribution is 2.34. The van der Waals surface area contributed by atoms with Crippen LogP contribution in [0.25, 0.3) is 0 Å². The molecule has 1 unspecified atom stereocenters. The molecule has 0 radical (unpaired) electrons. The molecule has 21 heteroatoms. The van der Waals surface area contributed by atoms with Crippen molar-refractivity contribution < 1.29 is 105 Å². The van der Waals surface area contributed by atoms with E-state index in [9.17, 15) is 71.5 Å². The summed E-state index contributed by atoms with van der Waals surface area (Å²) >= 11 is 0. The van der Waals surface area contributed by atoms with Crippen LogP contribution in [0.15, 0.2) is 0 Å². The Labute approximate surface area is 254 Å². The normalized spacial score (nSPS) is 52.9. The average Bonchev–Trinajstić information content (AvgIpc) is 3.03. The molecule has 264 valence electrons. The molecule has 0 aromatic heterocycles. The molecule has 0 aliphatic carbocycles. The van der Waals surface area contributed by atoms with Crippen molar-refractivity contribution in [1.29, 1.82) is 0 Å². The van der Waals surface area contributed by atoms with Crippen LogP contribution in [-0.4, -0.2) is 221 Å². The summed E-state index contributed by atoms with van der Waals surface area (Å²) in [5, 5.41) is 142. The largest absolute Gasteiger partial charge is 0.394 e. The Hall–Kier alpha value is -0.840. The molecule has 0 amide bonds. The summed E-state index contributed by atoms with van der Waals surface area (Å²) < 4.78 is 37.7. The topological polar surface area (TPSA) is 348 Å². The van der Waals surface area contributed by atoms with E-state index < -0.39 is 149 Å². The molecule has 45 heavy (non-hydrogen) atoms. The second-order valence-electron chi connectivity index (χ2n) is 11.1. The van der Waals surface area contributed by atoms with E-state index in [2.05, 4.69) is 0 Å². The molecule has 0 spiro atoms. The van der Waals surface area contributed by atoms with Crippen LogP contribution in [0.4, 0.5) is 0 Å². The quantitative estimate of drug-likeness (QED) is 0.103. The Morgan fingerprint density at radius 3 is 1.22 bits per heavy atom. The van der Waals surface area contributed by atoms with Crippen LogP contribution < -0.4 is 0 Å². The summed E-state index contributed by atoms with van der Waals surface area (Å²) in [7, 11) is 0. The number of rotatable bonds is 10. The van der Waals surface area contributed by atoms with Gasteiger partial charge in [-0.3, -0.25) is 0 Å². The Balaban J connectivity index is 1.48. The van der Waals surface area contributed by atoms with Crippen molar-refractivity contribution in [2.24, 2.45) is 0 Å². The fraction of sp³-hybridized carbons (Fsp3) is 1.00. The van der Waals surface area contributed by atoms with Gasteiger partial charge >= 0.3 is 0 Å². The van der Waals surface area contributed by atoms with Crippen molar-refractivity contribution >= 4 is 0 Å². The third-order valence-electron chi connectivity index (χ3n) is 8.20. The van der Waals surface area contributed by atoms with Crippen LogP contribution >= 0.6 is 0 Å². The van der Waals surface area contributed by atoms with Crippen molar-refractivity contribution in [2.45, 2.75) is 123 Å². The van der Waals surface area contributed by atoms with Gasteiger partial charge in [-0.15, -0.1) is 0 Å². The van der Waals surface area contributed by atoms with Crippen molar-refractivity contribution in [3.63, 3.8) is 0 Å². The predicted molar refractivity (Wildman–Crippen MR) is 134 cm³/mol. The molecule has 0 aromatic carbocycles. The van der Waals surface area contributed by atoms with Gasteiger partial charge in [0.25, 0.3) is 0 Å². The fourth-order valence-corrected chi connectivity index (χ4v) is 5.54. The summed E-state index contributed by atoms with van der Waals surface area (Å²) in [6, 6.07) is 0. The Bertz CT molecular complexity index is 912. The van der Waals surface area contributed by atoms with E-state index in [1.807, 2.05) is 0 Å². The van der Waals surface area contributed by atoms with Gasteiger partial charge in [0.1, 0.15) is 97.7 Å². The van der Waals surface area contributed by atoms with Crippen LogP contribution in [0.3, 0.4) is 0 Å². The lowest BCUT2D eigenvalue weighted by atomic mass is 9.95. The zero-order valence-electron chi connectivity index (χ0n) is 23.5. The summed E-state index contributed by atoms with van der Waals surface area (Å²) in [6.45, 7) is -3.41. The number of hydrogen-bond acceptors (Lipinski definition) is 21. The molecule has 20 atom stereocenters. The van der Waals surface area contributed by atoms with E-state index in [4.69, 9.17) is 33.2 Å². The molecule has 4 aliphatic rings. The van der Waals surface area contributed by atoms with E-state index in [1.165, 1.54) is 0 Å². The minimum atomic E-state index is -2.02. The molecule has 4 fully saturated rings. The van der Waals surface area contributed by atoms with Crippen LogP contribution in [0.5, 0.6) is 0 Å². The predicted octanol–water partition coefficient (Wildman–Crippen LogP) is -9.75. The SMILES string of the molecule is OC[C@H]1O[C@@H](O[C@H]2[C@@H](O)[C@@H](CO)O[C@@H](O[C@H]3[C@H](O)[C@@H](O)[C@H](O[C@@H]4[C@H](O)[C@H](O)C(O)O[C@@H]4CO)O[C@@H]3CO)[C@@H]2O)[C@H](O)[C@@H](O)[C@H]1O. The van der Waals surface area contributed by atoms with Crippen molar-refractivity contribution in [1.82, 2.24) is 0 Å². The number of aliphatic hydroxyl groups excluding tert-OH is 14. The molecular formula is C24H42O21. The molecule has 4 aliphatic heterocycles. The molecular weight excluding hydrogens is 624 g/mol. The molecule has 4 heterocycles. The minimum absolute atomic E-state index is 0.806. The fourth-order valence-electron chi connectivity index (χ4n) is 5.54. The maximum absolute atomic E-state index is 11.0. The second kappa shape index (κ2) is 15.6. The van der Waals surface area contributed by atoms with Gasteiger partial charge in [-0.1, -0.05) is 0 Å². The van der Waals surface area contributed by atoms with E-state index >= 15 is 0 Å². The lowest BCUT2D eigenvalue weighted by Gasteiger charge is -2.49. The van der Waals surface area contributed by atoms with Crippen LogP contribution in [0, 0.1) is 0 Å². The molecule has 0 saturated carbocycles. The third-order valence-corrected chi connectivity index (χ3v) is 8.20. The van der Waals surface area contributed by atoms with Gasteiger partial charge < -0.3 is 105 Å². The molecule has 21 nitrogen and oxygen atoms in total. The Morgan fingerprint density at radius 2 is 0.711 bits per heavy atom. The van der Waals surface area contributed by atoms with Crippen molar-refractivity contribution in [2.75, 3.05) is 26.4 Å². The molecule has 14 N–H and O–H groups in total. The highest BCUT2D eigenvalue weighted by Gasteiger charge is 2.55. The van der Waals surface area contributed by atoms with Gasteiger partial charge in [-0.2, -0.15) is 0 Å². The molecule has 0 aromatic rings. The highest BCUT2D eigenvalue weighted by atomic mass is 16.8. The summed E-state index contributed by atoms with van der Waals surface area (Å²) in [6.07, 6.45) is -35.6. The first-order chi connectivity index (χ1) is 21.3. The van der Waals surface area contributed by atoms with E-state index in [-0.39, 0.29) is 0 Å². The monoisotopic (exact) mass is 666 g/mol. The first-order valence-corrected chi connectivity index (χ1v) is 14.1. The van der Waals surface area contributed by atoms with E-state index in [0.29, 0.717) is 0 Å². The Morgan fingerprint density at radius 1 is 0.333 bits per heavy atom. The lowest BCUT2D eigenvalue weighted by Crippen LogP contribution is -2.67. The van der Waals surface area contributed by atoms with Gasteiger partial charge in [0.2, 0.25) is 0 Å². The summed E-state index contributed by atoms with van der Waals surface area (Å²) in [4.78, 5) is 0. The average molecular weight is 667 g/mol. The highest BCUT2D eigenvalue weighted by molar-refractivity contribution is 4.97. The van der Waals surface area contributed by atoms with Gasteiger partial charge in [-0.05, 0) is 0 Å². The van der Waals surface area contributed by atoms with E-state index in [1.54, 1.807) is 0 Å². The summed E-state index contributed by atoms with van der Waals surface area (Å²) in [5.74, 6) is 0. The van der Waals surface area contributed by atoms with Gasteiger partial charge in [-0.25, -0.2) is 0 Å². The number of ether oxygens (including phenoxy) is 7. The maximum Gasteiger partial charge on any atom is 0.187 e. The van der Waals surface area contributed by atoms with Gasteiger partial charge in [0, 0.05) is 0 Å². The van der Waals surface area contributed by atoms with E-state index in [0.717, 1.165) is 0 Å². The maximum atomic E-state index is 11.0. The number of hydrogen-bond donors (Lipinski definition) is 14. The van der Waals surface area contributed by atoms with Gasteiger partial charge in [0.15, 0.2) is 25.2 Å². The third kappa shape index (κ3) is 7.44. The first-order valence-electron chi connectivity index (χ1n) is 14.1. The zero-order chi connectivity index (χ0) is 33.3. The Kier molecular flexibility index (Phi) is 12.8. The van der Waals surface area contributed by atoms with Gasteiger partial charge in [0.05, 0.1) is 26.4 Å². The zero-order valence-corrected chi connectivity index (χ0v) is 23.5. The second-order valence-corrected chi connectivity index (χ2v) is 11.1. The molecule has 4 rings (SSSR count). The van der Waals surface area contributed by atoms with Crippen molar-refractivity contribution in [3.8, 4) is 0 Å². The number of aliphatic hydroxyl groups is 14. The van der Waals surface area contributed by atoms with Crippen LogP contribution in [-0.2, 0) is 33.2 Å². The summed E-state index contributed by atoms with van der Waals surface area (Å²) in [5.41, 5.74) is 0. The molecule has 0 bridgehead atoms. The van der Waals surface area contributed by atoms with Crippen LogP contribution in [0.1, 0.15) is 0 Å². The smallest absolute Gasteiger partial charge is 0.187 e. The van der Waals surface area contributed by atoms with Crippen LogP contribution in [0.2, 0.25) is 0 Å². The lowest BCUT2D eigenvalue weighted by molar-refractivity contribution is -0.388.